The first kappa shape index (κ1) is 17.9. The Morgan fingerprint density at radius 1 is 1.35 bits per heavy atom. The molecule has 1 aromatic rings. The number of nitrogens with zero attached hydrogens (tertiary/aromatic N) is 2. The van der Waals surface area contributed by atoms with E-state index in [1.807, 2.05) is 32.3 Å². The highest BCUT2D eigenvalue weighted by Gasteiger charge is 2.27. The number of carbonyl (C=O) groups is 1. The number of rotatable bonds is 6. The van der Waals surface area contributed by atoms with E-state index >= 15 is 0 Å². The molecule has 23 heavy (non-hydrogen) atoms. The average molecular weight is 319 g/mol. The molecule has 1 N–H and O–H groups in total. The second-order valence-electron chi connectivity index (χ2n) is 6.48. The van der Waals surface area contributed by atoms with Crippen LogP contribution in [0, 0.1) is 0 Å². The molecule has 0 aromatic heterocycles. The molecule has 1 aliphatic rings. The fraction of sp³-hybridized carbons (Fsp3) is 0.611. The zero-order chi connectivity index (χ0) is 16.8. The molecule has 0 unspecified atom stereocenters. The van der Waals surface area contributed by atoms with Crippen LogP contribution in [0.4, 0.5) is 0 Å². The standard InChI is InChI=1S/C18H29N3O2/c1-14-15(2)23-11-10-21(14)13-18(22)19-12-17(20(3)4)16-8-6-5-7-9-16/h5-9,14-15,17H,10-13H2,1-4H3,(H,19,22)/t14-,15-,17-/m0/s1. The first-order valence-corrected chi connectivity index (χ1v) is 8.32. The summed E-state index contributed by atoms with van der Waals surface area (Å²) in [5, 5.41) is 3.08. The van der Waals surface area contributed by atoms with Gasteiger partial charge in [0.2, 0.25) is 5.91 Å². The molecule has 1 aromatic carbocycles. The highest BCUT2D eigenvalue weighted by atomic mass is 16.5. The Hall–Kier alpha value is -1.43. The Bertz CT molecular complexity index is 492. The van der Waals surface area contributed by atoms with Crippen LogP contribution in [0.2, 0.25) is 0 Å². The number of likely N-dealkylation sites (N-methyl/N-ethyl adjacent to an activating group) is 1. The quantitative estimate of drug-likeness (QED) is 0.863. The molecule has 1 heterocycles. The van der Waals surface area contributed by atoms with Crippen molar-refractivity contribution in [2.24, 2.45) is 0 Å². The number of ether oxygens (including phenoxy) is 1. The van der Waals surface area contributed by atoms with E-state index in [1.54, 1.807) is 0 Å². The summed E-state index contributed by atoms with van der Waals surface area (Å²) in [4.78, 5) is 16.6. The lowest BCUT2D eigenvalue weighted by Gasteiger charge is -2.37. The predicted octanol–water partition coefficient (Wildman–Crippen LogP) is 1.51. The number of benzene rings is 1. The molecular formula is C18H29N3O2. The van der Waals surface area contributed by atoms with Gasteiger partial charge in [0.1, 0.15) is 0 Å². The van der Waals surface area contributed by atoms with Crippen molar-refractivity contribution in [2.75, 3.05) is 40.3 Å². The van der Waals surface area contributed by atoms with E-state index in [0.717, 1.165) is 6.54 Å². The van der Waals surface area contributed by atoms with Gasteiger partial charge in [-0.05, 0) is 33.5 Å². The van der Waals surface area contributed by atoms with Crippen molar-refractivity contribution in [1.82, 2.24) is 15.1 Å². The molecule has 0 spiro atoms. The smallest absolute Gasteiger partial charge is 0.234 e. The number of amides is 1. The maximum Gasteiger partial charge on any atom is 0.234 e. The van der Waals surface area contributed by atoms with Crippen LogP contribution >= 0.6 is 0 Å². The van der Waals surface area contributed by atoms with Gasteiger partial charge in [-0.2, -0.15) is 0 Å². The summed E-state index contributed by atoms with van der Waals surface area (Å²) in [6, 6.07) is 10.7. The summed E-state index contributed by atoms with van der Waals surface area (Å²) in [7, 11) is 4.07. The summed E-state index contributed by atoms with van der Waals surface area (Å²) >= 11 is 0. The van der Waals surface area contributed by atoms with Crippen LogP contribution < -0.4 is 5.32 Å². The molecule has 1 fully saturated rings. The van der Waals surface area contributed by atoms with Crippen LogP contribution in [0.25, 0.3) is 0 Å². The zero-order valence-electron chi connectivity index (χ0n) is 14.7. The Morgan fingerprint density at radius 3 is 2.70 bits per heavy atom. The molecule has 3 atom stereocenters. The largest absolute Gasteiger partial charge is 0.376 e. The van der Waals surface area contributed by atoms with Gasteiger partial charge >= 0.3 is 0 Å². The Balaban J connectivity index is 1.87. The van der Waals surface area contributed by atoms with Gasteiger partial charge in [-0.25, -0.2) is 0 Å². The Morgan fingerprint density at radius 2 is 2.04 bits per heavy atom. The van der Waals surface area contributed by atoms with E-state index in [4.69, 9.17) is 4.74 Å². The summed E-state index contributed by atoms with van der Waals surface area (Å²) in [6.45, 7) is 6.74. The number of hydrogen-bond acceptors (Lipinski definition) is 4. The first-order valence-electron chi connectivity index (χ1n) is 8.32. The van der Waals surface area contributed by atoms with Gasteiger partial charge in [-0.3, -0.25) is 9.69 Å². The van der Waals surface area contributed by atoms with Crippen LogP contribution in [0.15, 0.2) is 30.3 Å². The van der Waals surface area contributed by atoms with Crippen molar-refractivity contribution in [3.05, 3.63) is 35.9 Å². The van der Waals surface area contributed by atoms with Crippen molar-refractivity contribution < 1.29 is 9.53 Å². The molecule has 5 heteroatoms. The molecule has 128 valence electrons. The van der Waals surface area contributed by atoms with E-state index in [2.05, 4.69) is 41.1 Å². The summed E-state index contributed by atoms with van der Waals surface area (Å²) in [5.74, 6) is 0.0775. The van der Waals surface area contributed by atoms with Crippen LogP contribution in [0.5, 0.6) is 0 Å². The second-order valence-corrected chi connectivity index (χ2v) is 6.48. The summed E-state index contributed by atoms with van der Waals surface area (Å²) in [5.41, 5.74) is 1.21. The van der Waals surface area contributed by atoms with Gasteiger partial charge in [-0.15, -0.1) is 0 Å². The van der Waals surface area contributed by atoms with Gasteiger partial charge in [0, 0.05) is 19.1 Å². The fourth-order valence-electron chi connectivity index (χ4n) is 2.94. The van der Waals surface area contributed by atoms with E-state index < -0.39 is 0 Å². The van der Waals surface area contributed by atoms with Crippen molar-refractivity contribution in [2.45, 2.75) is 32.0 Å². The highest BCUT2D eigenvalue weighted by Crippen LogP contribution is 2.17. The first-order chi connectivity index (χ1) is 11.0. The van der Waals surface area contributed by atoms with Gasteiger partial charge in [-0.1, -0.05) is 30.3 Å². The lowest BCUT2D eigenvalue weighted by molar-refractivity contribution is -0.126. The Kier molecular flexibility index (Phi) is 6.57. The van der Waals surface area contributed by atoms with E-state index in [0.29, 0.717) is 19.7 Å². The second kappa shape index (κ2) is 8.43. The van der Waals surface area contributed by atoms with Crippen LogP contribution in [0.1, 0.15) is 25.5 Å². The van der Waals surface area contributed by atoms with Gasteiger partial charge in [0.05, 0.1) is 25.3 Å². The molecular weight excluding hydrogens is 290 g/mol. The molecule has 1 saturated heterocycles. The van der Waals surface area contributed by atoms with Crippen LogP contribution in [-0.4, -0.2) is 68.2 Å². The van der Waals surface area contributed by atoms with Gasteiger partial charge in [0.25, 0.3) is 0 Å². The van der Waals surface area contributed by atoms with Crippen molar-refractivity contribution in [3.63, 3.8) is 0 Å². The average Bonchev–Trinajstić information content (AvgIpc) is 2.53. The third-order valence-electron chi connectivity index (χ3n) is 4.66. The molecule has 2 rings (SSSR count). The number of nitrogens with one attached hydrogen (secondary N) is 1. The lowest BCUT2D eigenvalue weighted by atomic mass is 10.1. The SMILES string of the molecule is C[C@@H]1OCCN(CC(=O)NC[C@@H](c2ccccc2)N(C)C)[C@H]1C. The van der Waals surface area contributed by atoms with Gasteiger partial charge in [0.15, 0.2) is 0 Å². The predicted molar refractivity (Wildman–Crippen MR) is 92.3 cm³/mol. The van der Waals surface area contributed by atoms with Gasteiger partial charge < -0.3 is 15.0 Å². The number of hydrogen-bond donors (Lipinski definition) is 1. The minimum absolute atomic E-state index is 0.0775. The summed E-state index contributed by atoms with van der Waals surface area (Å²) in [6.07, 6.45) is 0.176. The fourth-order valence-corrected chi connectivity index (χ4v) is 2.94. The molecule has 0 radical (unpaired) electrons. The molecule has 0 saturated carbocycles. The van der Waals surface area contributed by atoms with E-state index in [9.17, 15) is 4.79 Å². The monoisotopic (exact) mass is 319 g/mol. The van der Waals surface area contributed by atoms with Crippen LogP contribution in [0.3, 0.4) is 0 Å². The van der Waals surface area contributed by atoms with E-state index in [-0.39, 0.29) is 24.1 Å². The third-order valence-corrected chi connectivity index (χ3v) is 4.66. The minimum atomic E-state index is 0.0775. The molecule has 0 bridgehead atoms. The molecule has 5 nitrogen and oxygen atoms in total. The third kappa shape index (κ3) is 5.03. The van der Waals surface area contributed by atoms with Crippen molar-refractivity contribution >= 4 is 5.91 Å². The lowest BCUT2D eigenvalue weighted by Crippen LogP contribution is -2.52. The Labute approximate surface area is 139 Å². The molecule has 0 aliphatic carbocycles. The maximum absolute atomic E-state index is 12.3. The molecule has 1 amide bonds. The number of carbonyl (C=O) groups excluding carboxylic acids is 1. The molecule has 1 aliphatic heterocycles. The maximum atomic E-state index is 12.3. The number of morpholine rings is 1. The highest BCUT2D eigenvalue weighted by molar-refractivity contribution is 5.78. The topological polar surface area (TPSA) is 44.8 Å². The normalized spacial score (nSPS) is 23.7. The zero-order valence-corrected chi connectivity index (χ0v) is 14.7. The van der Waals surface area contributed by atoms with Crippen molar-refractivity contribution in [3.8, 4) is 0 Å². The van der Waals surface area contributed by atoms with Crippen molar-refractivity contribution in [1.29, 1.82) is 0 Å². The van der Waals surface area contributed by atoms with Crippen LogP contribution in [-0.2, 0) is 9.53 Å². The van der Waals surface area contributed by atoms with E-state index in [1.165, 1.54) is 5.56 Å². The minimum Gasteiger partial charge on any atom is -0.376 e. The summed E-state index contributed by atoms with van der Waals surface area (Å²) < 4.78 is 5.61.